The van der Waals surface area contributed by atoms with Crippen LogP contribution in [0.4, 0.5) is 0 Å². The van der Waals surface area contributed by atoms with Crippen LogP contribution in [0.15, 0.2) is 12.4 Å². The second kappa shape index (κ2) is 4.36. The van der Waals surface area contributed by atoms with Crippen molar-refractivity contribution in [2.45, 2.75) is 19.9 Å². The van der Waals surface area contributed by atoms with Crippen LogP contribution in [0.1, 0.15) is 12.2 Å². The van der Waals surface area contributed by atoms with Crippen molar-refractivity contribution in [3.63, 3.8) is 0 Å². The topological polar surface area (TPSA) is 85.8 Å². The first-order chi connectivity index (χ1) is 8.08. The van der Waals surface area contributed by atoms with Gasteiger partial charge in [-0.2, -0.15) is 5.10 Å². The van der Waals surface area contributed by atoms with Crippen molar-refractivity contribution in [3.8, 4) is 11.4 Å². The zero-order valence-electron chi connectivity index (χ0n) is 9.66. The Hall–Kier alpha value is -2.18. The van der Waals surface area contributed by atoms with E-state index < -0.39 is 5.97 Å². The van der Waals surface area contributed by atoms with Gasteiger partial charge < -0.3 is 9.67 Å². The molecule has 0 saturated heterocycles. The van der Waals surface area contributed by atoms with Gasteiger partial charge in [-0.3, -0.25) is 9.48 Å². The Morgan fingerprint density at radius 2 is 2.24 bits per heavy atom. The monoisotopic (exact) mass is 235 g/mol. The fourth-order valence-electron chi connectivity index (χ4n) is 1.61. The number of carbonyl (C=O) groups is 1. The van der Waals surface area contributed by atoms with Gasteiger partial charge in [0.25, 0.3) is 0 Å². The van der Waals surface area contributed by atoms with Crippen molar-refractivity contribution < 1.29 is 9.90 Å². The molecule has 7 heteroatoms. The molecule has 0 aliphatic heterocycles. The van der Waals surface area contributed by atoms with E-state index in [0.29, 0.717) is 18.2 Å². The largest absolute Gasteiger partial charge is 0.481 e. The van der Waals surface area contributed by atoms with E-state index in [1.165, 1.54) is 0 Å². The summed E-state index contributed by atoms with van der Waals surface area (Å²) in [5, 5.41) is 20.8. The molecular weight excluding hydrogens is 222 g/mol. The third-order valence-corrected chi connectivity index (χ3v) is 2.45. The summed E-state index contributed by atoms with van der Waals surface area (Å²) >= 11 is 0. The smallest absolute Gasteiger partial charge is 0.305 e. The molecule has 2 heterocycles. The molecule has 0 aliphatic carbocycles. The van der Waals surface area contributed by atoms with Gasteiger partial charge in [-0.15, -0.1) is 10.2 Å². The normalized spacial score (nSPS) is 10.7. The zero-order valence-corrected chi connectivity index (χ0v) is 9.66. The van der Waals surface area contributed by atoms with Gasteiger partial charge in [0.1, 0.15) is 5.82 Å². The number of aliphatic carboxylic acids is 1. The fraction of sp³-hybridized carbons (Fsp3) is 0.400. The predicted molar refractivity (Wildman–Crippen MR) is 59.2 cm³/mol. The van der Waals surface area contributed by atoms with Crippen LogP contribution >= 0.6 is 0 Å². The van der Waals surface area contributed by atoms with Crippen LogP contribution in [0.5, 0.6) is 0 Å². The Morgan fingerprint density at radius 1 is 1.47 bits per heavy atom. The maximum Gasteiger partial charge on any atom is 0.305 e. The van der Waals surface area contributed by atoms with Gasteiger partial charge in [0.05, 0.1) is 18.2 Å². The first-order valence-electron chi connectivity index (χ1n) is 5.18. The van der Waals surface area contributed by atoms with E-state index in [1.54, 1.807) is 22.4 Å². The minimum absolute atomic E-state index is 0.0478. The summed E-state index contributed by atoms with van der Waals surface area (Å²) in [4.78, 5) is 10.6. The Balaban J connectivity index is 2.31. The first-order valence-corrected chi connectivity index (χ1v) is 5.18. The minimum atomic E-state index is -0.838. The summed E-state index contributed by atoms with van der Waals surface area (Å²) in [7, 11) is 1.81. The van der Waals surface area contributed by atoms with Crippen LogP contribution in [0, 0.1) is 6.92 Å². The Kier molecular flexibility index (Phi) is 2.90. The summed E-state index contributed by atoms with van der Waals surface area (Å²) in [6, 6.07) is 0. The minimum Gasteiger partial charge on any atom is -0.481 e. The van der Waals surface area contributed by atoms with Gasteiger partial charge in [-0.25, -0.2) is 0 Å². The van der Waals surface area contributed by atoms with Gasteiger partial charge in [0.2, 0.25) is 0 Å². The molecule has 0 spiro atoms. The average Bonchev–Trinajstić information content (AvgIpc) is 2.82. The highest BCUT2D eigenvalue weighted by molar-refractivity contribution is 5.66. The molecule has 0 bridgehead atoms. The molecule has 17 heavy (non-hydrogen) atoms. The maximum atomic E-state index is 10.6. The van der Waals surface area contributed by atoms with E-state index in [0.717, 1.165) is 5.56 Å². The number of hydrogen-bond donors (Lipinski definition) is 1. The standard InChI is InChI=1S/C10H13N5O2/c1-7-12-13-10(8-5-11-14(2)6-8)15(7)4-3-9(16)17/h5-6H,3-4H2,1-2H3,(H,16,17). The van der Waals surface area contributed by atoms with Crippen LogP contribution in [0.2, 0.25) is 0 Å². The number of carboxylic acids is 1. The summed E-state index contributed by atoms with van der Waals surface area (Å²) < 4.78 is 3.45. The predicted octanol–water partition coefficient (Wildman–Crippen LogP) is 0.462. The van der Waals surface area contributed by atoms with E-state index >= 15 is 0 Å². The number of aryl methyl sites for hydroxylation is 2. The van der Waals surface area contributed by atoms with Gasteiger partial charge in [-0.05, 0) is 6.92 Å². The quantitative estimate of drug-likeness (QED) is 0.832. The van der Waals surface area contributed by atoms with Crippen molar-refractivity contribution >= 4 is 5.97 Å². The zero-order chi connectivity index (χ0) is 12.4. The molecule has 2 rings (SSSR count). The summed E-state index contributed by atoms with van der Waals surface area (Å²) in [6.45, 7) is 2.16. The van der Waals surface area contributed by atoms with Gasteiger partial charge in [-0.1, -0.05) is 0 Å². The first kappa shape index (κ1) is 11.3. The third kappa shape index (κ3) is 2.32. The van der Waals surface area contributed by atoms with Crippen LogP contribution in [-0.4, -0.2) is 35.6 Å². The molecule has 2 aromatic heterocycles. The van der Waals surface area contributed by atoms with Crippen molar-refractivity contribution in [2.75, 3.05) is 0 Å². The maximum absolute atomic E-state index is 10.6. The molecule has 0 saturated carbocycles. The molecule has 0 fully saturated rings. The number of nitrogens with zero attached hydrogens (tertiary/aromatic N) is 5. The molecule has 90 valence electrons. The number of carboxylic acid groups (broad SMARTS) is 1. The molecule has 0 aromatic carbocycles. The molecule has 7 nitrogen and oxygen atoms in total. The molecule has 0 radical (unpaired) electrons. The van der Waals surface area contributed by atoms with Crippen molar-refractivity contribution in [1.82, 2.24) is 24.5 Å². The summed E-state index contributed by atoms with van der Waals surface area (Å²) in [5.41, 5.74) is 0.832. The van der Waals surface area contributed by atoms with Gasteiger partial charge in [0.15, 0.2) is 5.82 Å². The number of hydrogen-bond acceptors (Lipinski definition) is 4. The fourth-order valence-corrected chi connectivity index (χ4v) is 1.61. The lowest BCUT2D eigenvalue weighted by molar-refractivity contribution is -0.137. The van der Waals surface area contributed by atoms with Gasteiger partial charge >= 0.3 is 5.97 Å². The number of aromatic nitrogens is 5. The molecule has 2 aromatic rings. The lowest BCUT2D eigenvalue weighted by Crippen LogP contribution is -2.07. The van der Waals surface area contributed by atoms with Crippen LogP contribution < -0.4 is 0 Å². The second-order valence-electron chi connectivity index (χ2n) is 3.77. The molecular formula is C10H13N5O2. The molecule has 0 aliphatic rings. The van der Waals surface area contributed by atoms with Crippen molar-refractivity contribution in [3.05, 3.63) is 18.2 Å². The third-order valence-electron chi connectivity index (χ3n) is 2.45. The highest BCUT2D eigenvalue weighted by atomic mass is 16.4. The SMILES string of the molecule is Cc1nnc(-c2cnn(C)c2)n1CCC(=O)O. The van der Waals surface area contributed by atoms with Crippen molar-refractivity contribution in [2.24, 2.45) is 7.05 Å². The highest BCUT2D eigenvalue weighted by Gasteiger charge is 2.13. The summed E-state index contributed by atoms with van der Waals surface area (Å²) in [5.74, 6) is 0.511. The van der Waals surface area contributed by atoms with E-state index in [1.807, 2.05) is 13.2 Å². The molecule has 0 unspecified atom stereocenters. The van der Waals surface area contributed by atoms with Crippen molar-refractivity contribution in [1.29, 1.82) is 0 Å². The van der Waals surface area contributed by atoms with Crippen LogP contribution in [-0.2, 0) is 18.4 Å². The number of rotatable bonds is 4. The van der Waals surface area contributed by atoms with Crippen LogP contribution in [0.25, 0.3) is 11.4 Å². The molecule has 0 atom stereocenters. The Labute approximate surface area is 97.7 Å². The second-order valence-corrected chi connectivity index (χ2v) is 3.77. The average molecular weight is 235 g/mol. The Morgan fingerprint density at radius 3 is 2.82 bits per heavy atom. The van der Waals surface area contributed by atoms with E-state index in [2.05, 4.69) is 15.3 Å². The molecule has 1 N–H and O–H groups in total. The molecule has 0 amide bonds. The van der Waals surface area contributed by atoms with Gasteiger partial charge in [0, 0.05) is 19.8 Å². The van der Waals surface area contributed by atoms with E-state index in [4.69, 9.17) is 5.11 Å². The lowest BCUT2D eigenvalue weighted by Gasteiger charge is -2.04. The van der Waals surface area contributed by atoms with E-state index in [-0.39, 0.29) is 6.42 Å². The lowest BCUT2D eigenvalue weighted by atomic mass is 10.3. The summed E-state index contributed by atoms with van der Waals surface area (Å²) in [6.07, 6.45) is 3.55. The highest BCUT2D eigenvalue weighted by Crippen LogP contribution is 2.17. The Bertz CT molecular complexity index is 543. The van der Waals surface area contributed by atoms with Crippen LogP contribution in [0.3, 0.4) is 0 Å². The van der Waals surface area contributed by atoms with E-state index in [9.17, 15) is 4.79 Å².